The molecule has 0 N–H and O–H groups in total. The molecule has 146 valence electrons. The van der Waals surface area contributed by atoms with Gasteiger partial charge in [0.2, 0.25) is 0 Å². The molecule has 3 aliphatic rings. The first kappa shape index (κ1) is 18.4. The molecule has 0 spiro atoms. The summed E-state index contributed by atoms with van der Waals surface area (Å²) in [5.74, 6) is -0.300. The smallest absolute Gasteiger partial charge is 0.356 e. The Morgan fingerprint density at radius 3 is 2.11 bits per heavy atom. The van der Waals surface area contributed by atoms with Crippen LogP contribution in [-0.2, 0) is 9.53 Å². The van der Waals surface area contributed by atoms with E-state index < -0.39 is 0 Å². The summed E-state index contributed by atoms with van der Waals surface area (Å²) < 4.78 is 5.13. The second-order valence-electron chi connectivity index (χ2n) is 7.71. The zero-order chi connectivity index (χ0) is 18.6. The maximum atomic E-state index is 12.6. The molecule has 2 unspecified atom stereocenters. The lowest BCUT2D eigenvalue weighted by Crippen LogP contribution is -2.60. The molecular weight excluding hydrogens is 340 g/mol. The average Bonchev–Trinajstić information content (AvgIpc) is 3.16. The molecule has 0 amide bonds. The Morgan fingerprint density at radius 2 is 1.52 bits per heavy atom. The zero-order valence-corrected chi connectivity index (χ0v) is 16.2. The van der Waals surface area contributed by atoms with Crippen molar-refractivity contribution in [3.05, 3.63) is 30.3 Å². The highest BCUT2D eigenvalue weighted by Crippen LogP contribution is 2.32. The summed E-state index contributed by atoms with van der Waals surface area (Å²) in [4.78, 5) is 17.6. The molecule has 4 rings (SSSR count). The number of piperidine rings is 2. The number of carbonyl (C=O) groups is 1. The number of para-hydroxylation sites is 1. The quantitative estimate of drug-likeness (QED) is 0.763. The van der Waals surface area contributed by atoms with Crippen LogP contribution in [0.2, 0.25) is 0 Å². The SMILES string of the molecule is COC(=O)C1=NN(c2ccccc2)C(N2CCCCC2)C1N1CCCCC1. The van der Waals surface area contributed by atoms with E-state index in [4.69, 9.17) is 9.84 Å². The van der Waals surface area contributed by atoms with Crippen LogP contribution in [-0.4, -0.2) is 67.0 Å². The van der Waals surface area contributed by atoms with Gasteiger partial charge in [-0.3, -0.25) is 9.80 Å². The van der Waals surface area contributed by atoms with Crippen molar-refractivity contribution in [2.24, 2.45) is 5.10 Å². The van der Waals surface area contributed by atoms with E-state index in [1.807, 2.05) is 18.2 Å². The van der Waals surface area contributed by atoms with Crippen LogP contribution in [0.5, 0.6) is 0 Å². The normalized spacial score (nSPS) is 27.4. The van der Waals surface area contributed by atoms with Gasteiger partial charge in [-0.1, -0.05) is 31.0 Å². The van der Waals surface area contributed by atoms with Crippen molar-refractivity contribution >= 4 is 17.4 Å². The van der Waals surface area contributed by atoms with Gasteiger partial charge in [-0.25, -0.2) is 9.80 Å². The highest BCUT2D eigenvalue weighted by Gasteiger charge is 2.48. The van der Waals surface area contributed by atoms with Crippen LogP contribution < -0.4 is 5.01 Å². The van der Waals surface area contributed by atoms with E-state index >= 15 is 0 Å². The fourth-order valence-electron chi connectivity index (χ4n) is 4.66. The number of carbonyl (C=O) groups excluding carboxylic acids is 1. The van der Waals surface area contributed by atoms with Gasteiger partial charge in [0.25, 0.3) is 0 Å². The standard InChI is InChI=1S/C21H30N4O2/c1-27-21(26)18-19(23-13-7-3-8-14-23)20(24-15-9-4-10-16-24)25(22-18)17-11-5-2-6-12-17/h2,5-6,11-12,19-20H,3-4,7-10,13-16H2,1H3. The second kappa shape index (κ2) is 8.40. The number of likely N-dealkylation sites (tertiary alicyclic amines) is 2. The van der Waals surface area contributed by atoms with Crippen molar-refractivity contribution < 1.29 is 9.53 Å². The van der Waals surface area contributed by atoms with Gasteiger partial charge in [0.1, 0.15) is 6.17 Å². The Labute approximate surface area is 161 Å². The minimum Gasteiger partial charge on any atom is -0.464 e. The molecule has 1 aromatic rings. The van der Waals surface area contributed by atoms with Gasteiger partial charge < -0.3 is 4.74 Å². The van der Waals surface area contributed by atoms with Crippen LogP contribution in [0.15, 0.2) is 35.4 Å². The third-order valence-electron chi connectivity index (χ3n) is 5.99. The molecule has 6 nitrogen and oxygen atoms in total. The number of methoxy groups -OCH3 is 1. The number of benzene rings is 1. The van der Waals surface area contributed by atoms with Crippen LogP contribution in [0, 0.1) is 0 Å². The van der Waals surface area contributed by atoms with Gasteiger partial charge in [0.05, 0.1) is 18.8 Å². The summed E-state index contributed by atoms with van der Waals surface area (Å²) in [6.45, 7) is 4.16. The van der Waals surface area contributed by atoms with E-state index in [0.29, 0.717) is 5.71 Å². The summed E-state index contributed by atoms with van der Waals surface area (Å²) in [5.41, 5.74) is 1.59. The minimum absolute atomic E-state index is 0.0314. The lowest BCUT2D eigenvalue weighted by molar-refractivity contribution is -0.133. The van der Waals surface area contributed by atoms with E-state index in [-0.39, 0.29) is 18.2 Å². The van der Waals surface area contributed by atoms with Crippen molar-refractivity contribution in [2.45, 2.75) is 50.7 Å². The van der Waals surface area contributed by atoms with Crippen molar-refractivity contribution in [3.63, 3.8) is 0 Å². The summed E-state index contributed by atoms with van der Waals surface area (Å²) in [7, 11) is 1.46. The van der Waals surface area contributed by atoms with Crippen LogP contribution >= 0.6 is 0 Å². The van der Waals surface area contributed by atoms with E-state index in [1.54, 1.807) is 0 Å². The number of rotatable bonds is 4. The number of hydrogen-bond donors (Lipinski definition) is 0. The average molecular weight is 370 g/mol. The first-order valence-corrected chi connectivity index (χ1v) is 10.3. The highest BCUT2D eigenvalue weighted by molar-refractivity contribution is 6.39. The second-order valence-corrected chi connectivity index (χ2v) is 7.71. The molecule has 0 radical (unpaired) electrons. The molecule has 0 aromatic heterocycles. The maximum Gasteiger partial charge on any atom is 0.356 e. The number of nitrogens with zero attached hydrogens (tertiary/aromatic N) is 4. The molecule has 3 heterocycles. The highest BCUT2D eigenvalue weighted by atomic mass is 16.5. The van der Waals surface area contributed by atoms with E-state index in [2.05, 4.69) is 26.9 Å². The number of anilines is 1. The predicted octanol–water partition coefficient (Wildman–Crippen LogP) is 2.70. The molecule has 2 fully saturated rings. The van der Waals surface area contributed by atoms with Crippen LogP contribution in [0.4, 0.5) is 5.69 Å². The third kappa shape index (κ3) is 3.73. The molecule has 0 aliphatic carbocycles. The lowest BCUT2D eigenvalue weighted by Gasteiger charge is -2.43. The van der Waals surface area contributed by atoms with Crippen LogP contribution in [0.25, 0.3) is 0 Å². The van der Waals surface area contributed by atoms with Gasteiger partial charge in [-0.15, -0.1) is 0 Å². The van der Waals surface area contributed by atoms with E-state index in [0.717, 1.165) is 31.9 Å². The van der Waals surface area contributed by atoms with Crippen LogP contribution in [0.3, 0.4) is 0 Å². The molecule has 3 aliphatic heterocycles. The molecule has 6 heteroatoms. The summed E-state index contributed by atoms with van der Waals surface area (Å²) >= 11 is 0. The van der Waals surface area contributed by atoms with Crippen molar-refractivity contribution in [1.29, 1.82) is 0 Å². The third-order valence-corrected chi connectivity index (χ3v) is 5.99. The first-order chi connectivity index (χ1) is 13.3. The number of esters is 1. The van der Waals surface area contributed by atoms with Crippen molar-refractivity contribution in [3.8, 4) is 0 Å². The van der Waals surface area contributed by atoms with Crippen molar-refractivity contribution in [2.75, 3.05) is 38.3 Å². The maximum absolute atomic E-state index is 12.6. The molecule has 0 saturated carbocycles. The molecular formula is C21H30N4O2. The molecule has 2 atom stereocenters. The molecule has 1 aromatic carbocycles. The Kier molecular flexibility index (Phi) is 5.74. The molecule has 0 bridgehead atoms. The Hall–Kier alpha value is -1.92. The monoisotopic (exact) mass is 370 g/mol. The van der Waals surface area contributed by atoms with Gasteiger partial charge in [-0.2, -0.15) is 5.10 Å². The predicted molar refractivity (Wildman–Crippen MR) is 107 cm³/mol. The van der Waals surface area contributed by atoms with Crippen LogP contribution in [0.1, 0.15) is 38.5 Å². The van der Waals surface area contributed by atoms with E-state index in [9.17, 15) is 4.79 Å². The fourth-order valence-corrected chi connectivity index (χ4v) is 4.66. The summed E-state index contributed by atoms with van der Waals surface area (Å²) in [6.07, 6.45) is 7.39. The number of hydrogen-bond acceptors (Lipinski definition) is 6. The number of hydrazone groups is 1. The van der Waals surface area contributed by atoms with Gasteiger partial charge in [-0.05, 0) is 50.9 Å². The largest absolute Gasteiger partial charge is 0.464 e. The molecule has 2 saturated heterocycles. The topological polar surface area (TPSA) is 48.4 Å². The molecule has 27 heavy (non-hydrogen) atoms. The number of ether oxygens (including phenoxy) is 1. The van der Waals surface area contributed by atoms with Gasteiger partial charge in [0.15, 0.2) is 5.71 Å². The minimum atomic E-state index is -0.300. The Morgan fingerprint density at radius 1 is 0.926 bits per heavy atom. The lowest BCUT2D eigenvalue weighted by atomic mass is 10.00. The Balaban J connectivity index is 1.73. The fraction of sp³-hybridized carbons (Fsp3) is 0.619. The van der Waals surface area contributed by atoms with E-state index in [1.165, 1.54) is 45.6 Å². The van der Waals surface area contributed by atoms with Crippen molar-refractivity contribution in [1.82, 2.24) is 9.80 Å². The van der Waals surface area contributed by atoms with Gasteiger partial charge in [0, 0.05) is 13.1 Å². The van der Waals surface area contributed by atoms with Gasteiger partial charge >= 0.3 is 5.97 Å². The first-order valence-electron chi connectivity index (χ1n) is 10.3. The summed E-state index contributed by atoms with van der Waals surface area (Å²) in [6, 6.07) is 10.2. The summed E-state index contributed by atoms with van der Waals surface area (Å²) in [5, 5.41) is 6.90. The Bertz CT molecular complexity index is 666. The zero-order valence-electron chi connectivity index (χ0n) is 16.2.